The Balaban J connectivity index is 1.74. The van der Waals surface area contributed by atoms with Crippen molar-refractivity contribution in [3.05, 3.63) is 35.4 Å². The molecule has 1 aliphatic carbocycles. The monoisotopic (exact) mass is 304 g/mol. The summed E-state index contributed by atoms with van der Waals surface area (Å²) in [7, 11) is 0. The number of ether oxygens (including phenoxy) is 1. The quantitative estimate of drug-likeness (QED) is 0.766. The summed E-state index contributed by atoms with van der Waals surface area (Å²) in [6.45, 7) is 3.12. The van der Waals surface area contributed by atoms with Gasteiger partial charge < -0.3 is 15.4 Å². The minimum atomic E-state index is -0.857. The van der Waals surface area contributed by atoms with Gasteiger partial charge in [0.15, 0.2) is 6.10 Å². The standard InChI is InChI=1S/C16H20N2O4/c1-10-4-3-5-12(8-10)16(21)17-9-14(19)22-11(2)15(20)18-13-6-7-13/h3-5,8,11,13H,6-7,9H2,1-2H3,(H,17,21)(H,18,20)/t11-/m0/s1. The minimum absolute atomic E-state index is 0.217. The molecular formula is C16H20N2O4. The van der Waals surface area contributed by atoms with Crippen LogP contribution < -0.4 is 10.6 Å². The molecule has 6 nitrogen and oxygen atoms in total. The Morgan fingerprint density at radius 2 is 2.05 bits per heavy atom. The van der Waals surface area contributed by atoms with Crippen LogP contribution in [0.2, 0.25) is 0 Å². The Kier molecular flexibility index (Phi) is 5.14. The molecule has 1 aromatic carbocycles. The number of hydrogen-bond donors (Lipinski definition) is 2. The second-order valence-electron chi connectivity index (χ2n) is 5.47. The Hall–Kier alpha value is -2.37. The highest BCUT2D eigenvalue weighted by Gasteiger charge is 2.27. The first-order valence-corrected chi connectivity index (χ1v) is 7.30. The van der Waals surface area contributed by atoms with Crippen molar-refractivity contribution in [1.29, 1.82) is 0 Å². The van der Waals surface area contributed by atoms with Crippen LogP contribution in [0.25, 0.3) is 0 Å². The van der Waals surface area contributed by atoms with Crippen molar-refractivity contribution in [2.75, 3.05) is 6.54 Å². The Labute approximate surface area is 129 Å². The van der Waals surface area contributed by atoms with E-state index in [0.29, 0.717) is 5.56 Å². The summed E-state index contributed by atoms with van der Waals surface area (Å²) >= 11 is 0. The van der Waals surface area contributed by atoms with Crippen molar-refractivity contribution in [1.82, 2.24) is 10.6 Å². The zero-order valence-corrected chi connectivity index (χ0v) is 12.7. The first-order valence-electron chi connectivity index (χ1n) is 7.30. The molecule has 2 amide bonds. The molecule has 118 valence electrons. The first kappa shape index (κ1) is 16.0. The van der Waals surface area contributed by atoms with Gasteiger partial charge in [0.05, 0.1) is 0 Å². The topological polar surface area (TPSA) is 84.5 Å². The van der Waals surface area contributed by atoms with Gasteiger partial charge in [-0.25, -0.2) is 0 Å². The van der Waals surface area contributed by atoms with Gasteiger partial charge in [-0.15, -0.1) is 0 Å². The lowest BCUT2D eigenvalue weighted by Crippen LogP contribution is -2.39. The van der Waals surface area contributed by atoms with Crippen molar-refractivity contribution in [3.8, 4) is 0 Å². The molecule has 0 bridgehead atoms. The minimum Gasteiger partial charge on any atom is -0.451 e. The van der Waals surface area contributed by atoms with Crippen LogP contribution in [0.1, 0.15) is 35.7 Å². The molecule has 1 atom stereocenters. The van der Waals surface area contributed by atoms with E-state index in [1.807, 2.05) is 13.0 Å². The fourth-order valence-electron chi connectivity index (χ4n) is 1.88. The van der Waals surface area contributed by atoms with E-state index < -0.39 is 12.1 Å². The largest absolute Gasteiger partial charge is 0.451 e. The Bertz CT molecular complexity index is 581. The van der Waals surface area contributed by atoms with Crippen LogP contribution in [-0.2, 0) is 14.3 Å². The maximum absolute atomic E-state index is 11.9. The van der Waals surface area contributed by atoms with Crippen molar-refractivity contribution < 1.29 is 19.1 Å². The molecule has 6 heteroatoms. The van der Waals surface area contributed by atoms with Crippen molar-refractivity contribution in [2.45, 2.75) is 38.8 Å². The van der Waals surface area contributed by atoms with Crippen LogP contribution in [0.4, 0.5) is 0 Å². The average molecular weight is 304 g/mol. The van der Waals surface area contributed by atoms with Gasteiger partial charge in [-0.3, -0.25) is 14.4 Å². The van der Waals surface area contributed by atoms with Crippen LogP contribution in [-0.4, -0.2) is 36.5 Å². The summed E-state index contributed by atoms with van der Waals surface area (Å²) < 4.78 is 4.99. The van der Waals surface area contributed by atoms with E-state index in [1.54, 1.807) is 18.2 Å². The number of carbonyl (C=O) groups is 3. The summed E-state index contributed by atoms with van der Waals surface area (Å²) in [5.41, 5.74) is 1.44. The lowest BCUT2D eigenvalue weighted by atomic mass is 10.1. The predicted octanol–water partition coefficient (Wildman–Crippen LogP) is 0.935. The molecule has 0 unspecified atom stereocenters. The number of hydrogen-bond acceptors (Lipinski definition) is 4. The number of aryl methyl sites for hydroxylation is 1. The third-order valence-electron chi connectivity index (χ3n) is 3.27. The smallest absolute Gasteiger partial charge is 0.326 e. The second kappa shape index (κ2) is 7.06. The van der Waals surface area contributed by atoms with Crippen molar-refractivity contribution in [2.24, 2.45) is 0 Å². The van der Waals surface area contributed by atoms with Gasteiger partial charge in [0, 0.05) is 11.6 Å². The SMILES string of the molecule is Cc1cccc(C(=O)NCC(=O)O[C@@H](C)C(=O)NC2CC2)c1. The Morgan fingerprint density at radius 1 is 1.32 bits per heavy atom. The number of amides is 2. The lowest BCUT2D eigenvalue weighted by Gasteiger charge is -2.13. The van der Waals surface area contributed by atoms with E-state index in [0.717, 1.165) is 18.4 Å². The molecule has 0 aliphatic heterocycles. The molecule has 2 N–H and O–H groups in total. The molecule has 2 rings (SSSR count). The number of benzene rings is 1. The van der Waals surface area contributed by atoms with Crippen LogP contribution in [0.3, 0.4) is 0 Å². The maximum Gasteiger partial charge on any atom is 0.326 e. The molecule has 0 radical (unpaired) electrons. The van der Waals surface area contributed by atoms with Crippen LogP contribution in [0.15, 0.2) is 24.3 Å². The summed E-state index contributed by atoms with van der Waals surface area (Å²) in [6.07, 6.45) is 1.08. The molecule has 0 aromatic heterocycles. The first-order chi connectivity index (χ1) is 10.5. The van der Waals surface area contributed by atoms with Gasteiger partial charge in [0.1, 0.15) is 6.54 Å². The number of carbonyl (C=O) groups excluding carboxylic acids is 3. The molecular weight excluding hydrogens is 284 g/mol. The van der Waals surface area contributed by atoms with E-state index in [1.165, 1.54) is 6.92 Å². The number of rotatable bonds is 6. The fourth-order valence-corrected chi connectivity index (χ4v) is 1.88. The highest BCUT2D eigenvalue weighted by atomic mass is 16.5. The fraction of sp³-hybridized carbons (Fsp3) is 0.438. The molecule has 0 spiro atoms. The van der Waals surface area contributed by atoms with E-state index in [9.17, 15) is 14.4 Å². The molecule has 1 aromatic rings. The Morgan fingerprint density at radius 3 is 2.68 bits per heavy atom. The molecule has 1 aliphatic rings. The maximum atomic E-state index is 11.9. The van der Waals surface area contributed by atoms with E-state index in [2.05, 4.69) is 10.6 Å². The van der Waals surface area contributed by atoms with Gasteiger partial charge in [0.25, 0.3) is 11.8 Å². The highest BCUT2D eigenvalue weighted by molar-refractivity contribution is 5.96. The summed E-state index contributed by atoms with van der Waals surface area (Å²) in [4.78, 5) is 35.2. The van der Waals surface area contributed by atoms with Crippen LogP contribution in [0.5, 0.6) is 0 Å². The van der Waals surface area contributed by atoms with Gasteiger partial charge in [-0.05, 0) is 38.8 Å². The van der Waals surface area contributed by atoms with E-state index in [-0.39, 0.29) is 24.4 Å². The van der Waals surface area contributed by atoms with Gasteiger partial charge in [-0.1, -0.05) is 17.7 Å². The van der Waals surface area contributed by atoms with Gasteiger partial charge >= 0.3 is 5.97 Å². The average Bonchev–Trinajstić information content (AvgIpc) is 3.28. The van der Waals surface area contributed by atoms with Gasteiger partial charge in [-0.2, -0.15) is 0 Å². The second-order valence-corrected chi connectivity index (χ2v) is 5.47. The summed E-state index contributed by atoms with van der Waals surface area (Å²) in [6, 6.07) is 7.26. The molecule has 1 saturated carbocycles. The normalized spacial score (nSPS) is 14.8. The molecule has 1 fully saturated rings. The predicted molar refractivity (Wildman–Crippen MR) is 80.2 cm³/mol. The van der Waals surface area contributed by atoms with E-state index in [4.69, 9.17) is 4.74 Å². The van der Waals surface area contributed by atoms with Crippen LogP contribution >= 0.6 is 0 Å². The third kappa shape index (κ3) is 4.87. The third-order valence-corrected chi connectivity index (χ3v) is 3.27. The summed E-state index contributed by atoms with van der Waals surface area (Å²) in [5.74, 6) is -1.30. The molecule has 0 heterocycles. The lowest BCUT2D eigenvalue weighted by molar-refractivity contribution is -0.153. The van der Waals surface area contributed by atoms with E-state index >= 15 is 0 Å². The van der Waals surface area contributed by atoms with Crippen molar-refractivity contribution in [3.63, 3.8) is 0 Å². The van der Waals surface area contributed by atoms with Crippen molar-refractivity contribution >= 4 is 17.8 Å². The summed E-state index contributed by atoms with van der Waals surface area (Å²) in [5, 5.41) is 5.23. The zero-order chi connectivity index (χ0) is 16.1. The van der Waals surface area contributed by atoms with Crippen LogP contribution in [0, 0.1) is 6.92 Å². The molecule has 22 heavy (non-hydrogen) atoms. The highest BCUT2D eigenvalue weighted by Crippen LogP contribution is 2.18. The number of nitrogens with one attached hydrogen (secondary N) is 2. The van der Waals surface area contributed by atoms with Gasteiger partial charge in [0.2, 0.25) is 0 Å². The number of esters is 1. The zero-order valence-electron chi connectivity index (χ0n) is 12.7. The molecule has 0 saturated heterocycles.